The van der Waals surface area contributed by atoms with Gasteiger partial charge in [-0.1, -0.05) is 12.1 Å². The molecule has 1 aromatic carbocycles. The van der Waals surface area contributed by atoms with E-state index in [1.54, 1.807) is 10.9 Å². The van der Waals surface area contributed by atoms with Crippen LogP contribution in [0.2, 0.25) is 0 Å². The van der Waals surface area contributed by atoms with Gasteiger partial charge in [0.25, 0.3) is 0 Å². The standard InChI is InChI=1S/C20H27N7O.ClH/c1-15-5-3-6-16(13-15)23-18-17-14-22-26(2)19(17)25-20(24-18)21-7-4-8-27-9-11-28-12-10-27;/h3,5-6,13-14H,4,7-12H2,1-2H3,(H2,21,23,24,25);1H. The number of benzene rings is 1. The molecular weight excluding hydrogens is 390 g/mol. The smallest absolute Gasteiger partial charge is 0.226 e. The van der Waals surface area contributed by atoms with Crippen LogP contribution in [-0.4, -0.2) is 64.0 Å². The highest BCUT2D eigenvalue weighted by Gasteiger charge is 2.13. The Bertz CT molecular complexity index is 940. The van der Waals surface area contributed by atoms with Crippen LogP contribution in [0.3, 0.4) is 0 Å². The maximum Gasteiger partial charge on any atom is 0.226 e. The molecule has 1 fully saturated rings. The van der Waals surface area contributed by atoms with Gasteiger partial charge in [-0.25, -0.2) is 0 Å². The maximum atomic E-state index is 5.40. The molecule has 0 saturated carbocycles. The van der Waals surface area contributed by atoms with Crippen LogP contribution in [0.4, 0.5) is 17.5 Å². The summed E-state index contributed by atoms with van der Waals surface area (Å²) in [6.07, 6.45) is 2.84. The zero-order valence-electron chi connectivity index (χ0n) is 16.9. The highest BCUT2D eigenvalue weighted by atomic mass is 35.5. The van der Waals surface area contributed by atoms with Crippen molar-refractivity contribution >= 4 is 40.9 Å². The second-order valence-electron chi connectivity index (χ2n) is 7.13. The number of aromatic nitrogens is 4. The largest absolute Gasteiger partial charge is 0.379 e. The zero-order chi connectivity index (χ0) is 19.3. The summed E-state index contributed by atoms with van der Waals surface area (Å²) in [7, 11) is 1.90. The Labute approximate surface area is 177 Å². The quantitative estimate of drug-likeness (QED) is 0.572. The van der Waals surface area contributed by atoms with Gasteiger partial charge >= 0.3 is 0 Å². The number of morpholine rings is 1. The van der Waals surface area contributed by atoms with Gasteiger partial charge in [-0.05, 0) is 37.6 Å². The molecule has 0 amide bonds. The van der Waals surface area contributed by atoms with E-state index in [1.807, 2.05) is 19.2 Å². The van der Waals surface area contributed by atoms with Gasteiger partial charge in [-0.3, -0.25) is 9.58 Å². The van der Waals surface area contributed by atoms with Gasteiger partial charge in [0.2, 0.25) is 5.95 Å². The monoisotopic (exact) mass is 417 g/mol. The van der Waals surface area contributed by atoms with Crippen molar-refractivity contribution in [3.05, 3.63) is 36.0 Å². The predicted octanol–water partition coefficient (Wildman–Crippen LogP) is 2.97. The van der Waals surface area contributed by atoms with Crippen molar-refractivity contribution in [2.45, 2.75) is 13.3 Å². The van der Waals surface area contributed by atoms with Crippen LogP contribution in [0.15, 0.2) is 30.5 Å². The molecule has 1 aliphatic heterocycles. The van der Waals surface area contributed by atoms with Gasteiger partial charge in [0, 0.05) is 32.4 Å². The number of anilines is 3. The second kappa shape index (κ2) is 9.87. The topological polar surface area (TPSA) is 80.1 Å². The summed E-state index contributed by atoms with van der Waals surface area (Å²) in [6, 6.07) is 8.24. The number of aryl methyl sites for hydroxylation is 2. The average Bonchev–Trinajstić information content (AvgIpc) is 3.07. The highest BCUT2D eigenvalue weighted by Crippen LogP contribution is 2.25. The number of hydrogen-bond donors (Lipinski definition) is 2. The van der Waals surface area contributed by atoms with Gasteiger partial charge in [-0.2, -0.15) is 15.1 Å². The Balaban J connectivity index is 0.00000240. The van der Waals surface area contributed by atoms with Crippen molar-refractivity contribution in [3.63, 3.8) is 0 Å². The lowest BCUT2D eigenvalue weighted by molar-refractivity contribution is 0.0378. The molecule has 2 N–H and O–H groups in total. The second-order valence-corrected chi connectivity index (χ2v) is 7.13. The van der Waals surface area contributed by atoms with Crippen LogP contribution in [0.25, 0.3) is 11.0 Å². The minimum atomic E-state index is 0. The summed E-state index contributed by atoms with van der Waals surface area (Å²) in [5.74, 6) is 1.38. The first-order valence-electron chi connectivity index (χ1n) is 9.76. The van der Waals surface area contributed by atoms with Gasteiger partial charge < -0.3 is 15.4 Å². The first kappa shape index (κ1) is 21.3. The fourth-order valence-electron chi connectivity index (χ4n) is 3.38. The number of hydrogen-bond acceptors (Lipinski definition) is 7. The van der Waals surface area contributed by atoms with Crippen molar-refractivity contribution < 1.29 is 4.74 Å². The minimum Gasteiger partial charge on any atom is -0.379 e. The Hall–Kier alpha value is -2.42. The lowest BCUT2D eigenvalue weighted by Gasteiger charge is -2.26. The molecular formula is C20H28ClN7O. The van der Waals surface area contributed by atoms with Gasteiger partial charge in [0.05, 0.1) is 24.8 Å². The van der Waals surface area contributed by atoms with Crippen LogP contribution < -0.4 is 10.6 Å². The van der Waals surface area contributed by atoms with E-state index < -0.39 is 0 Å². The van der Waals surface area contributed by atoms with Crippen LogP contribution in [-0.2, 0) is 11.8 Å². The summed E-state index contributed by atoms with van der Waals surface area (Å²) < 4.78 is 7.17. The molecule has 3 aromatic rings. The lowest BCUT2D eigenvalue weighted by atomic mass is 10.2. The van der Waals surface area contributed by atoms with Crippen molar-refractivity contribution in [3.8, 4) is 0 Å². The number of fused-ring (bicyclic) bond motifs is 1. The first-order chi connectivity index (χ1) is 13.7. The molecule has 29 heavy (non-hydrogen) atoms. The molecule has 2 aromatic heterocycles. The zero-order valence-corrected chi connectivity index (χ0v) is 17.7. The number of nitrogens with one attached hydrogen (secondary N) is 2. The van der Waals surface area contributed by atoms with Crippen LogP contribution in [0.5, 0.6) is 0 Å². The first-order valence-corrected chi connectivity index (χ1v) is 9.76. The SMILES string of the molecule is Cc1cccc(Nc2nc(NCCCN3CCOCC3)nc3c2cnn3C)c1.Cl. The lowest BCUT2D eigenvalue weighted by Crippen LogP contribution is -2.37. The van der Waals surface area contributed by atoms with Gasteiger partial charge in [0.1, 0.15) is 5.82 Å². The molecule has 8 nitrogen and oxygen atoms in total. The fourth-order valence-corrected chi connectivity index (χ4v) is 3.38. The Morgan fingerprint density at radius 1 is 1.17 bits per heavy atom. The molecule has 0 radical (unpaired) electrons. The summed E-state index contributed by atoms with van der Waals surface area (Å²) in [5, 5.41) is 12.0. The molecule has 9 heteroatoms. The van der Waals surface area contributed by atoms with Crippen molar-refractivity contribution in [2.24, 2.45) is 7.05 Å². The van der Waals surface area contributed by atoms with E-state index in [2.05, 4.69) is 44.7 Å². The third kappa shape index (κ3) is 5.35. The molecule has 156 valence electrons. The van der Waals surface area contributed by atoms with Gasteiger partial charge in [0.15, 0.2) is 5.65 Å². The molecule has 0 atom stereocenters. The predicted molar refractivity (Wildman–Crippen MR) is 118 cm³/mol. The summed E-state index contributed by atoms with van der Waals surface area (Å²) >= 11 is 0. The molecule has 3 heterocycles. The van der Waals surface area contributed by atoms with E-state index >= 15 is 0 Å². The molecule has 0 bridgehead atoms. The minimum absolute atomic E-state index is 0. The third-order valence-electron chi connectivity index (χ3n) is 4.91. The third-order valence-corrected chi connectivity index (χ3v) is 4.91. The molecule has 4 rings (SSSR count). The molecule has 1 saturated heterocycles. The average molecular weight is 418 g/mol. The highest BCUT2D eigenvalue weighted by molar-refractivity contribution is 5.89. The number of ether oxygens (including phenoxy) is 1. The van der Waals surface area contributed by atoms with E-state index in [1.165, 1.54) is 5.56 Å². The fraction of sp³-hybridized carbons (Fsp3) is 0.450. The Morgan fingerprint density at radius 2 is 2.00 bits per heavy atom. The molecule has 0 aliphatic carbocycles. The van der Waals surface area contributed by atoms with E-state index in [-0.39, 0.29) is 12.4 Å². The van der Waals surface area contributed by atoms with E-state index in [9.17, 15) is 0 Å². The molecule has 0 spiro atoms. The van der Waals surface area contributed by atoms with Crippen LogP contribution in [0, 0.1) is 6.92 Å². The van der Waals surface area contributed by atoms with Crippen molar-refractivity contribution in [2.75, 3.05) is 50.0 Å². The van der Waals surface area contributed by atoms with Gasteiger partial charge in [-0.15, -0.1) is 12.4 Å². The van der Waals surface area contributed by atoms with Crippen molar-refractivity contribution in [1.82, 2.24) is 24.6 Å². The Kier molecular flexibility index (Phi) is 7.24. The summed E-state index contributed by atoms with van der Waals surface area (Å²) in [4.78, 5) is 11.8. The van der Waals surface area contributed by atoms with E-state index in [0.717, 1.165) is 68.4 Å². The van der Waals surface area contributed by atoms with E-state index in [0.29, 0.717) is 5.95 Å². The maximum absolute atomic E-state index is 5.40. The van der Waals surface area contributed by atoms with Crippen LogP contribution in [0.1, 0.15) is 12.0 Å². The number of halogens is 1. The summed E-state index contributed by atoms with van der Waals surface area (Å²) in [5.41, 5.74) is 3.01. The normalized spacial score (nSPS) is 14.6. The van der Waals surface area contributed by atoms with E-state index in [4.69, 9.17) is 9.72 Å². The number of nitrogens with zero attached hydrogens (tertiary/aromatic N) is 5. The van der Waals surface area contributed by atoms with Crippen molar-refractivity contribution in [1.29, 1.82) is 0 Å². The Morgan fingerprint density at radius 3 is 2.79 bits per heavy atom. The molecule has 1 aliphatic rings. The number of rotatable bonds is 7. The van der Waals surface area contributed by atoms with Crippen LogP contribution >= 0.6 is 12.4 Å². The summed E-state index contributed by atoms with van der Waals surface area (Å²) in [6.45, 7) is 7.66. The molecule has 0 unspecified atom stereocenters.